The summed E-state index contributed by atoms with van der Waals surface area (Å²) in [5.74, 6) is -0.188. The highest BCUT2D eigenvalue weighted by Crippen LogP contribution is 2.51. The van der Waals surface area contributed by atoms with Crippen LogP contribution in [0.3, 0.4) is 0 Å². The zero-order valence-corrected chi connectivity index (χ0v) is 23.8. The number of halogens is 1. The molecule has 176 valence electrons. The topological polar surface area (TPSA) is 27.7 Å². The van der Waals surface area contributed by atoms with E-state index in [9.17, 15) is 4.39 Å². The van der Waals surface area contributed by atoms with E-state index >= 15 is 0 Å². The van der Waals surface area contributed by atoms with Crippen LogP contribution in [0, 0.1) is 5.82 Å². The van der Waals surface area contributed by atoms with Gasteiger partial charge in [-0.05, 0) is 52.9 Å². The number of hydrogen-bond acceptors (Lipinski definition) is 5. The van der Waals surface area contributed by atoms with Gasteiger partial charge in [-0.25, -0.2) is 4.39 Å². The SMILES string of the molecule is CC(C)[Si]1(C(C)C)OC[C@H]2SC(Sc3ccc(F)cc3)C[C@@H]2O[Si](C(C)C)(C(C)C)O1. The van der Waals surface area contributed by atoms with Gasteiger partial charge in [0.05, 0.1) is 22.5 Å². The summed E-state index contributed by atoms with van der Waals surface area (Å²) in [5.41, 5.74) is 1.45. The summed E-state index contributed by atoms with van der Waals surface area (Å²) in [6.07, 6.45) is 1.11. The number of hydrogen-bond donors (Lipinski definition) is 0. The average molecular weight is 503 g/mol. The average Bonchev–Trinajstić information content (AvgIpc) is 3.03. The van der Waals surface area contributed by atoms with Gasteiger partial charge < -0.3 is 13.0 Å². The van der Waals surface area contributed by atoms with Crippen molar-refractivity contribution in [1.82, 2.24) is 0 Å². The molecule has 8 heteroatoms. The highest BCUT2D eigenvalue weighted by atomic mass is 32.2. The molecule has 3 rings (SSSR count). The van der Waals surface area contributed by atoms with Gasteiger partial charge >= 0.3 is 17.1 Å². The third-order valence-electron chi connectivity index (χ3n) is 6.59. The monoisotopic (exact) mass is 502 g/mol. The highest BCUT2D eigenvalue weighted by Gasteiger charge is 2.59. The molecule has 0 spiro atoms. The largest absolute Gasteiger partial charge is 0.414 e. The van der Waals surface area contributed by atoms with Gasteiger partial charge in [-0.2, -0.15) is 0 Å². The van der Waals surface area contributed by atoms with E-state index in [1.54, 1.807) is 12.1 Å². The first-order valence-corrected chi connectivity index (χ1v) is 17.4. The molecule has 3 nitrogen and oxygen atoms in total. The summed E-state index contributed by atoms with van der Waals surface area (Å²) in [7, 11) is -5.00. The van der Waals surface area contributed by atoms with Crippen LogP contribution < -0.4 is 0 Å². The molecule has 1 unspecified atom stereocenters. The minimum absolute atomic E-state index is 0.144. The quantitative estimate of drug-likeness (QED) is 0.371. The number of rotatable bonds is 6. The van der Waals surface area contributed by atoms with Gasteiger partial charge in [0.25, 0.3) is 0 Å². The van der Waals surface area contributed by atoms with Crippen LogP contribution in [0.5, 0.6) is 0 Å². The smallest absolute Gasteiger partial charge is 0.334 e. The van der Waals surface area contributed by atoms with Gasteiger partial charge in [0.2, 0.25) is 0 Å². The Balaban J connectivity index is 1.90. The molecule has 3 atom stereocenters. The lowest BCUT2D eigenvalue weighted by Gasteiger charge is -2.51. The number of benzene rings is 1. The first-order chi connectivity index (χ1) is 14.5. The summed E-state index contributed by atoms with van der Waals surface area (Å²) in [5, 5.41) is 0.315. The van der Waals surface area contributed by atoms with E-state index in [2.05, 4.69) is 55.4 Å². The second-order valence-corrected chi connectivity index (χ2v) is 21.9. The van der Waals surface area contributed by atoms with Gasteiger partial charge in [0.1, 0.15) is 5.82 Å². The number of fused-ring (bicyclic) bond motifs is 1. The maximum Gasteiger partial charge on any atom is 0.334 e. The van der Waals surface area contributed by atoms with Crippen molar-refractivity contribution >= 4 is 40.6 Å². The van der Waals surface area contributed by atoms with E-state index < -0.39 is 17.1 Å². The van der Waals surface area contributed by atoms with Crippen molar-refractivity contribution in [2.24, 2.45) is 0 Å². The fourth-order valence-corrected chi connectivity index (χ4v) is 19.4. The lowest BCUT2D eigenvalue weighted by molar-refractivity contribution is 0.0739. The van der Waals surface area contributed by atoms with Crippen LogP contribution in [0.2, 0.25) is 22.2 Å². The number of thioether (sulfide) groups is 2. The molecule has 1 aromatic rings. The second kappa shape index (κ2) is 10.2. The Labute approximate surface area is 199 Å². The van der Waals surface area contributed by atoms with Crippen LogP contribution in [0.15, 0.2) is 29.2 Å². The molecule has 2 aliphatic rings. The van der Waals surface area contributed by atoms with Crippen molar-refractivity contribution in [1.29, 1.82) is 0 Å². The molecule has 0 N–H and O–H groups in total. The van der Waals surface area contributed by atoms with Crippen LogP contribution >= 0.6 is 23.5 Å². The van der Waals surface area contributed by atoms with E-state index in [-0.39, 0.29) is 11.9 Å². The zero-order valence-electron chi connectivity index (χ0n) is 20.2. The summed E-state index contributed by atoms with van der Waals surface area (Å²) < 4.78 is 35.0. The molecular formula is C23H39FO3S2Si2. The Morgan fingerprint density at radius 2 is 1.45 bits per heavy atom. The zero-order chi connectivity index (χ0) is 23.0. The fraction of sp³-hybridized carbons (Fsp3) is 0.739. The molecule has 2 heterocycles. The predicted molar refractivity (Wildman–Crippen MR) is 136 cm³/mol. The summed E-state index contributed by atoms with van der Waals surface area (Å²) in [6.45, 7) is 18.8. The molecule has 2 saturated heterocycles. The third kappa shape index (κ3) is 5.30. The van der Waals surface area contributed by atoms with Crippen LogP contribution in [0.25, 0.3) is 0 Å². The summed E-state index contributed by atoms with van der Waals surface area (Å²) >= 11 is 3.79. The molecule has 2 fully saturated rings. The summed E-state index contributed by atoms with van der Waals surface area (Å²) in [4.78, 5) is 1.11. The third-order valence-corrected chi connectivity index (χ3v) is 19.8. The van der Waals surface area contributed by atoms with Crippen LogP contribution in [-0.4, -0.2) is 39.7 Å². The van der Waals surface area contributed by atoms with Crippen molar-refractivity contribution in [3.05, 3.63) is 30.1 Å². The Kier molecular flexibility index (Phi) is 8.48. The Bertz CT molecular complexity index is 714. The fourth-order valence-electron chi connectivity index (χ4n) is 4.85. The first-order valence-electron chi connectivity index (χ1n) is 11.6. The Hall–Kier alpha value is 0.164. The lowest BCUT2D eigenvalue weighted by atomic mass is 10.2. The Morgan fingerprint density at radius 1 is 0.903 bits per heavy atom. The van der Waals surface area contributed by atoms with E-state index in [1.807, 2.05) is 35.7 Å². The molecule has 0 bridgehead atoms. The molecule has 1 aromatic carbocycles. The maximum absolute atomic E-state index is 13.3. The van der Waals surface area contributed by atoms with Crippen LogP contribution in [0.4, 0.5) is 4.39 Å². The molecular weight excluding hydrogens is 464 g/mol. The van der Waals surface area contributed by atoms with Crippen molar-refractivity contribution in [2.45, 2.75) is 105 Å². The van der Waals surface area contributed by atoms with Gasteiger partial charge in [0.15, 0.2) is 0 Å². The summed E-state index contributed by atoms with van der Waals surface area (Å²) in [6, 6.07) is 6.83. The van der Waals surface area contributed by atoms with Gasteiger partial charge in [-0.15, -0.1) is 23.5 Å². The van der Waals surface area contributed by atoms with E-state index in [0.29, 0.717) is 38.6 Å². The van der Waals surface area contributed by atoms with Crippen LogP contribution in [0.1, 0.15) is 61.8 Å². The van der Waals surface area contributed by atoms with E-state index in [4.69, 9.17) is 13.0 Å². The minimum atomic E-state index is -2.53. The normalized spacial score (nSPS) is 28.2. The van der Waals surface area contributed by atoms with Crippen molar-refractivity contribution in [2.75, 3.05) is 6.61 Å². The minimum Gasteiger partial charge on any atom is -0.414 e. The standard InChI is InChI=1S/C23H39FO3S2Si2/c1-15(2)30(16(3)4)25-14-22-21(26-31(27-30,17(5)6)18(7)8)13-23(29-22)28-20-11-9-19(24)10-12-20/h9-12,15-18,21-23H,13-14H2,1-8H3/t21-,22+,23?/m0/s1. The molecule has 31 heavy (non-hydrogen) atoms. The molecule has 0 radical (unpaired) electrons. The molecule has 0 aromatic heterocycles. The van der Waals surface area contributed by atoms with E-state index in [1.165, 1.54) is 0 Å². The van der Waals surface area contributed by atoms with Gasteiger partial charge in [-0.3, -0.25) is 0 Å². The second-order valence-electron chi connectivity index (χ2n) is 10.0. The first kappa shape index (κ1) is 25.8. The lowest BCUT2D eigenvalue weighted by Crippen LogP contribution is -2.64. The Morgan fingerprint density at radius 3 is 1.97 bits per heavy atom. The van der Waals surface area contributed by atoms with Gasteiger partial charge in [0, 0.05) is 4.90 Å². The van der Waals surface area contributed by atoms with Gasteiger partial charge in [-0.1, -0.05) is 55.4 Å². The highest BCUT2D eigenvalue weighted by molar-refractivity contribution is 8.17. The van der Waals surface area contributed by atoms with Crippen molar-refractivity contribution in [3.8, 4) is 0 Å². The van der Waals surface area contributed by atoms with Crippen LogP contribution in [-0.2, 0) is 13.0 Å². The molecule has 2 aliphatic heterocycles. The maximum atomic E-state index is 13.3. The molecule has 0 amide bonds. The van der Waals surface area contributed by atoms with Crippen molar-refractivity contribution in [3.63, 3.8) is 0 Å². The molecule has 0 saturated carbocycles. The van der Waals surface area contributed by atoms with E-state index in [0.717, 1.165) is 11.3 Å². The van der Waals surface area contributed by atoms with Crippen molar-refractivity contribution < 1.29 is 17.4 Å². The predicted octanol–water partition coefficient (Wildman–Crippen LogP) is 7.71. The molecule has 0 aliphatic carbocycles.